The van der Waals surface area contributed by atoms with Crippen LogP contribution in [0.15, 0.2) is 91.0 Å². The summed E-state index contributed by atoms with van der Waals surface area (Å²) in [6.07, 6.45) is 7.09. The van der Waals surface area contributed by atoms with Crippen molar-refractivity contribution in [2.75, 3.05) is 18.0 Å². The molecular formula is C33H32FN2+. The van der Waals surface area contributed by atoms with Crippen LogP contribution in [0, 0.1) is 5.82 Å². The maximum absolute atomic E-state index is 13.6. The molecular weight excluding hydrogens is 443 g/mol. The number of benzene rings is 4. The van der Waals surface area contributed by atoms with Gasteiger partial charge in [-0.15, -0.1) is 0 Å². The quantitative estimate of drug-likeness (QED) is 0.266. The lowest BCUT2D eigenvalue weighted by Gasteiger charge is -2.18. The van der Waals surface area contributed by atoms with Crippen molar-refractivity contribution in [2.24, 2.45) is 0 Å². The summed E-state index contributed by atoms with van der Waals surface area (Å²) in [5, 5.41) is 2.55. The summed E-state index contributed by atoms with van der Waals surface area (Å²) < 4.78 is 16.0. The fourth-order valence-corrected chi connectivity index (χ4v) is 5.92. The zero-order chi connectivity index (χ0) is 24.7. The minimum atomic E-state index is -0.201. The van der Waals surface area contributed by atoms with Crippen molar-refractivity contribution in [3.05, 3.63) is 114 Å². The number of hydrogen-bond donors (Lipinski definition) is 0. The Morgan fingerprint density at radius 2 is 1.56 bits per heavy atom. The van der Waals surface area contributed by atoms with Crippen LogP contribution in [0.5, 0.6) is 0 Å². The van der Waals surface area contributed by atoms with Crippen LogP contribution in [0.25, 0.3) is 16.8 Å². The van der Waals surface area contributed by atoms with Gasteiger partial charge in [-0.2, -0.15) is 4.58 Å². The van der Waals surface area contributed by atoms with Gasteiger partial charge in [0.05, 0.1) is 5.41 Å². The molecule has 0 saturated carbocycles. The Kier molecular flexibility index (Phi) is 5.72. The zero-order valence-corrected chi connectivity index (χ0v) is 21.0. The van der Waals surface area contributed by atoms with Gasteiger partial charge in [0.1, 0.15) is 5.82 Å². The summed E-state index contributed by atoms with van der Waals surface area (Å²) in [5.41, 5.74) is 7.26. The number of hydrogen-bond acceptors (Lipinski definition) is 1. The van der Waals surface area contributed by atoms with E-state index in [0.717, 1.165) is 18.7 Å². The smallest absolute Gasteiger partial charge is 0.210 e. The number of nitrogens with zero attached hydrogens (tertiary/aromatic N) is 2. The van der Waals surface area contributed by atoms with Crippen molar-refractivity contribution in [1.82, 2.24) is 0 Å². The van der Waals surface area contributed by atoms with Gasteiger partial charge in [0.15, 0.2) is 12.3 Å². The average molecular weight is 476 g/mol. The van der Waals surface area contributed by atoms with Crippen molar-refractivity contribution in [3.8, 4) is 0 Å². The molecule has 4 aromatic carbocycles. The highest BCUT2D eigenvalue weighted by Gasteiger charge is 2.45. The highest BCUT2D eigenvalue weighted by Crippen LogP contribution is 2.44. The van der Waals surface area contributed by atoms with E-state index < -0.39 is 0 Å². The molecule has 3 heteroatoms. The second-order valence-electron chi connectivity index (χ2n) is 10.5. The fraction of sp³-hybridized carbons (Fsp3) is 0.242. The lowest BCUT2D eigenvalue weighted by atomic mass is 9.79. The monoisotopic (exact) mass is 475 g/mol. The first kappa shape index (κ1) is 22.7. The number of fused-ring (bicyclic) bond motifs is 3. The van der Waals surface area contributed by atoms with Gasteiger partial charge in [0.25, 0.3) is 0 Å². The van der Waals surface area contributed by atoms with Crippen LogP contribution in [0.1, 0.15) is 43.4 Å². The minimum absolute atomic E-state index is 0.178. The van der Waals surface area contributed by atoms with E-state index >= 15 is 0 Å². The molecule has 0 aromatic heterocycles. The van der Waals surface area contributed by atoms with E-state index in [1.165, 1.54) is 51.8 Å². The van der Waals surface area contributed by atoms with Crippen LogP contribution in [0.2, 0.25) is 0 Å². The molecule has 2 aliphatic heterocycles. The van der Waals surface area contributed by atoms with Gasteiger partial charge in [0.2, 0.25) is 5.69 Å². The molecule has 1 fully saturated rings. The van der Waals surface area contributed by atoms with Gasteiger partial charge in [0, 0.05) is 42.0 Å². The lowest BCUT2D eigenvalue weighted by molar-refractivity contribution is -0.454. The number of rotatable bonds is 5. The van der Waals surface area contributed by atoms with E-state index in [4.69, 9.17) is 0 Å². The van der Waals surface area contributed by atoms with E-state index in [0.29, 0.717) is 6.54 Å². The largest absolute Gasteiger partial charge is 0.372 e. The summed E-state index contributed by atoms with van der Waals surface area (Å²) in [6, 6.07) is 28.9. The second-order valence-corrected chi connectivity index (χ2v) is 10.5. The number of anilines is 1. The molecule has 1 saturated heterocycles. The summed E-state index contributed by atoms with van der Waals surface area (Å²) >= 11 is 0. The van der Waals surface area contributed by atoms with Crippen LogP contribution in [-0.4, -0.2) is 23.4 Å². The lowest BCUT2D eigenvalue weighted by Crippen LogP contribution is -2.27. The van der Waals surface area contributed by atoms with Crippen molar-refractivity contribution >= 4 is 33.9 Å². The summed E-state index contributed by atoms with van der Waals surface area (Å²) in [4.78, 5) is 2.47. The van der Waals surface area contributed by atoms with Gasteiger partial charge < -0.3 is 4.90 Å². The standard InChI is InChI=1S/C33H32FN2/c1-33(2)31(20-13-24-11-17-28(18-12-24)35-21-5-6-22-35)36(23-25-9-15-27(34)16-10-25)30-19-14-26-7-3-4-8-29(26)32(30)33/h3-4,7-20H,5-6,21-23H2,1-2H3/q+1. The number of halogens is 1. The topological polar surface area (TPSA) is 6.25 Å². The predicted octanol–water partition coefficient (Wildman–Crippen LogP) is 7.87. The van der Waals surface area contributed by atoms with Crippen molar-refractivity contribution < 1.29 is 8.97 Å². The Labute approximate surface area is 213 Å². The molecule has 6 rings (SSSR count). The van der Waals surface area contributed by atoms with Gasteiger partial charge in [-0.3, -0.25) is 0 Å². The third-order valence-electron chi connectivity index (χ3n) is 7.81. The maximum atomic E-state index is 13.6. The third-order valence-corrected chi connectivity index (χ3v) is 7.81. The van der Waals surface area contributed by atoms with Crippen LogP contribution in [-0.2, 0) is 12.0 Å². The van der Waals surface area contributed by atoms with Crippen molar-refractivity contribution in [1.29, 1.82) is 0 Å². The molecule has 2 heterocycles. The molecule has 0 atom stereocenters. The van der Waals surface area contributed by atoms with Crippen LogP contribution < -0.4 is 4.90 Å². The Bertz CT molecular complexity index is 1470. The normalized spacial score (nSPS) is 16.9. The molecule has 0 spiro atoms. The third kappa shape index (κ3) is 4.03. The molecule has 2 nitrogen and oxygen atoms in total. The van der Waals surface area contributed by atoms with Gasteiger partial charge >= 0.3 is 0 Å². The number of allylic oxidation sites excluding steroid dienone is 1. The highest BCUT2D eigenvalue weighted by atomic mass is 19.1. The van der Waals surface area contributed by atoms with Crippen molar-refractivity contribution in [3.63, 3.8) is 0 Å². The molecule has 0 unspecified atom stereocenters. The van der Waals surface area contributed by atoms with Gasteiger partial charge in [-0.1, -0.05) is 36.4 Å². The van der Waals surface area contributed by atoms with E-state index in [9.17, 15) is 4.39 Å². The molecule has 0 bridgehead atoms. The predicted molar refractivity (Wildman–Crippen MR) is 149 cm³/mol. The SMILES string of the molecule is CC1(C)C(C=Cc2ccc(N3CCCC3)cc2)=[N+](Cc2ccc(F)cc2)c2ccc3ccccc3c21. The minimum Gasteiger partial charge on any atom is -0.372 e. The van der Waals surface area contributed by atoms with E-state index in [1.807, 2.05) is 12.1 Å². The zero-order valence-electron chi connectivity index (χ0n) is 21.0. The maximum Gasteiger partial charge on any atom is 0.210 e. The van der Waals surface area contributed by atoms with E-state index in [1.54, 1.807) is 12.1 Å². The van der Waals surface area contributed by atoms with Crippen LogP contribution in [0.3, 0.4) is 0 Å². The molecule has 36 heavy (non-hydrogen) atoms. The molecule has 0 aliphatic carbocycles. The van der Waals surface area contributed by atoms with Crippen molar-refractivity contribution in [2.45, 2.75) is 38.6 Å². The molecule has 0 radical (unpaired) electrons. The Morgan fingerprint density at radius 1 is 0.833 bits per heavy atom. The Balaban J connectivity index is 1.42. The van der Waals surface area contributed by atoms with E-state index in [-0.39, 0.29) is 11.2 Å². The molecule has 0 N–H and O–H groups in total. The molecule has 0 amide bonds. The summed E-state index contributed by atoms with van der Waals surface area (Å²) in [6.45, 7) is 7.65. The van der Waals surface area contributed by atoms with Gasteiger partial charge in [-0.05, 0) is 91.6 Å². The highest BCUT2D eigenvalue weighted by molar-refractivity contribution is 6.09. The second kappa shape index (κ2) is 9.05. The summed E-state index contributed by atoms with van der Waals surface area (Å²) in [7, 11) is 0. The molecule has 2 aliphatic rings. The van der Waals surface area contributed by atoms with Gasteiger partial charge in [-0.25, -0.2) is 4.39 Å². The van der Waals surface area contributed by atoms with Crippen LogP contribution in [0.4, 0.5) is 15.8 Å². The first-order chi connectivity index (χ1) is 17.5. The summed E-state index contributed by atoms with van der Waals surface area (Å²) in [5.74, 6) is -0.201. The van der Waals surface area contributed by atoms with Crippen LogP contribution >= 0.6 is 0 Å². The Hall–Kier alpha value is -3.72. The average Bonchev–Trinajstić information content (AvgIpc) is 3.50. The Morgan fingerprint density at radius 3 is 2.31 bits per heavy atom. The molecule has 180 valence electrons. The first-order valence-electron chi connectivity index (χ1n) is 13.0. The fourth-order valence-electron chi connectivity index (χ4n) is 5.92. The van der Waals surface area contributed by atoms with E-state index in [2.05, 4.69) is 96.1 Å². The molecule has 4 aromatic rings. The first-order valence-corrected chi connectivity index (χ1v) is 13.0.